The van der Waals surface area contributed by atoms with E-state index >= 15 is 0 Å². The third kappa shape index (κ3) is 6.13. The second-order valence-electron chi connectivity index (χ2n) is 5.57. The molecule has 2 aromatic carbocycles. The molecule has 0 nitrogen and oxygen atoms in total. The Morgan fingerprint density at radius 1 is 0.682 bits per heavy atom. The van der Waals surface area contributed by atoms with Gasteiger partial charge in [-0.2, -0.15) is 46.5 Å². The van der Waals surface area contributed by atoms with E-state index in [2.05, 4.69) is 36.4 Å². The van der Waals surface area contributed by atoms with Crippen LogP contribution in [0.3, 0.4) is 0 Å². The van der Waals surface area contributed by atoms with Crippen molar-refractivity contribution in [2.75, 3.05) is 0 Å². The smallest absolute Gasteiger partial charge is 0.0512 e. The Balaban J connectivity index is 0.000000334. The van der Waals surface area contributed by atoms with Gasteiger partial charge in [-0.3, -0.25) is 0 Å². The van der Waals surface area contributed by atoms with Crippen molar-refractivity contribution in [1.29, 1.82) is 0 Å². The zero-order valence-corrected chi connectivity index (χ0v) is 18.2. The third-order valence-electron chi connectivity index (χ3n) is 4.30. The Hall–Kier alpha value is -0.200. The molecular formula is C20H30SiZr-4. The molecule has 4 rings (SSSR count). The molecule has 0 fully saturated rings. The molecule has 0 amide bonds. The van der Waals surface area contributed by atoms with Crippen molar-refractivity contribution in [1.82, 2.24) is 0 Å². The van der Waals surface area contributed by atoms with E-state index in [1.807, 2.05) is 6.88 Å². The molecule has 0 aliphatic heterocycles. The molecule has 0 saturated carbocycles. The number of fused-ring (bicyclic) bond motifs is 2. The van der Waals surface area contributed by atoms with Crippen LogP contribution in [0.15, 0.2) is 36.4 Å². The second kappa shape index (κ2) is 12.3. The van der Waals surface area contributed by atoms with Crippen LogP contribution in [0.4, 0.5) is 0 Å². The van der Waals surface area contributed by atoms with Crippen LogP contribution < -0.4 is 0 Å². The van der Waals surface area contributed by atoms with Crippen molar-refractivity contribution in [2.24, 2.45) is 0 Å². The maximum Gasteiger partial charge on any atom is -0.0512 e. The van der Waals surface area contributed by atoms with Gasteiger partial charge in [0.15, 0.2) is 0 Å². The minimum Gasteiger partial charge on any atom is -0.210 e. The monoisotopic (exact) mass is 388 g/mol. The summed E-state index contributed by atoms with van der Waals surface area (Å²) in [5.41, 5.74) is 6.39. The summed E-state index contributed by atoms with van der Waals surface area (Å²) in [4.78, 5) is 0. The Bertz CT molecular complexity index is 422. The molecule has 0 heterocycles. The summed E-state index contributed by atoms with van der Waals surface area (Å²) < 4.78 is 0. The van der Waals surface area contributed by atoms with Crippen molar-refractivity contribution in [3.8, 4) is 0 Å². The number of hydrogen-bond acceptors (Lipinski definition) is 0. The number of aryl methyl sites for hydroxylation is 4. The van der Waals surface area contributed by atoms with Crippen molar-refractivity contribution in [3.05, 3.63) is 73.5 Å². The molecule has 2 heteroatoms. The van der Waals surface area contributed by atoms with Crippen molar-refractivity contribution < 1.29 is 23.3 Å². The summed E-state index contributed by atoms with van der Waals surface area (Å²) in [6.07, 6.45) is 10.9. The molecule has 2 aliphatic rings. The van der Waals surface area contributed by atoms with Crippen molar-refractivity contribution in [2.45, 2.75) is 51.4 Å². The molecule has 0 unspecified atom stereocenters. The van der Waals surface area contributed by atoms with Gasteiger partial charge in [-0.25, -0.2) is 12.1 Å². The van der Waals surface area contributed by atoms with E-state index in [4.69, 9.17) is 0 Å². The molecule has 22 heavy (non-hydrogen) atoms. The largest absolute Gasteiger partial charge is 0.210 e. The van der Waals surface area contributed by atoms with Gasteiger partial charge < -0.3 is 14.9 Å². The van der Waals surface area contributed by atoms with E-state index in [1.165, 1.54) is 51.4 Å². The van der Waals surface area contributed by atoms with Crippen LogP contribution >= 0.6 is 0 Å². The topological polar surface area (TPSA) is 0 Å². The molecule has 0 radical (unpaired) electrons. The molecule has 2 aliphatic carbocycles. The van der Waals surface area contributed by atoms with Crippen LogP contribution in [0.5, 0.6) is 0 Å². The average Bonchev–Trinajstić information content (AvgIpc) is 3.18. The van der Waals surface area contributed by atoms with E-state index in [0.717, 1.165) is 0 Å². The minimum absolute atomic E-state index is 0. The molecule has 0 atom stereocenters. The molecule has 0 N–H and O–H groups in total. The second-order valence-corrected chi connectivity index (χ2v) is 5.57. The van der Waals surface area contributed by atoms with Gasteiger partial charge in [-0.1, -0.05) is 51.4 Å². The first-order chi connectivity index (χ1) is 9.93. The normalized spacial score (nSPS) is 14.3. The quantitative estimate of drug-likeness (QED) is 0.458. The first kappa shape index (κ1) is 21.8. The molecule has 0 bridgehead atoms. The van der Waals surface area contributed by atoms with E-state index in [1.54, 1.807) is 45.6 Å². The van der Waals surface area contributed by atoms with Gasteiger partial charge in [0.1, 0.15) is 0 Å². The van der Waals surface area contributed by atoms with E-state index in [-0.39, 0.29) is 14.9 Å². The van der Waals surface area contributed by atoms with E-state index in [0.29, 0.717) is 0 Å². The van der Waals surface area contributed by atoms with Gasteiger partial charge in [0, 0.05) is 0 Å². The van der Waals surface area contributed by atoms with E-state index in [9.17, 15) is 0 Å². The maximum absolute atomic E-state index is 2.26. The molecule has 0 saturated heterocycles. The maximum atomic E-state index is 2.26. The third-order valence-corrected chi connectivity index (χ3v) is 4.30. The van der Waals surface area contributed by atoms with Gasteiger partial charge in [0.05, 0.1) is 0 Å². The summed E-state index contributed by atoms with van der Waals surface area (Å²) in [6, 6.07) is 13.4. The van der Waals surface area contributed by atoms with Crippen LogP contribution in [0.25, 0.3) is 0 Å². The summed E-state index contributed by atoms with van der Waals surface area (Å²) in [5.74, 6) is 0. The fourth-order valence-electron chi connectivity index (χ4n) is 3.23. The summed E-state index contributed by atoms with van der Waals surface area (Å²) >= 11 is 1.58. The van der Waals surface area contributed by atoms with Gasteiger partial charge in [-0.15, -0.1) is 0 Å². The zero-order valence-electron chi connectivity index (χ0n) is 14.3. The van der Waals surface area contributed by atoms with E-state index < -0.39 is 0 Å². The number of hydrogen-bond donors (Lipinski definition) is 0. The fraction of sp³-hybridized carbons (Fsp3) is 0.400. The van der Waals surface area contributed by atoms with Gasteiger partial charge in [-0.05, 0) is 0 Å². The van der Waals surface area contributed by atoms with Gasteiger partial charge >= 0.3 is 30.2 Å². The predicted molar refractivity (Wildman–Crippen MR) is 98.7 cm³/mol. The van der Waals surface area contributed by atoms with Crippen molar-refractivity contribution in [3.63, 3.8) is 0 Å². The summed E-state index contributed by atoms with van der Waals surface area (Å²) in [7, 11) is 0. The van der Waals surface area contributed by atoms with Crippen molar-refractivity contribution >= 4 is 6.88 Å². The molecule has 2 aromatic rings. The Morgan fingerprint density at radius 3 is 1.41 bits per heavy atom. The van der Waals surface area contributed by atoms with Crippen LogP contribution in [0.2, 0.25) is 0 Å². The average molecular weight is 390 g/mol. The molecular weight excluding hydrogens is 360 g/mol. The first-order valence-electron chi connectivity index (χ1n) is 7.76. The predicted octanol–water partition coefficient (Wildman–Crippen LogP) is 4.55. The minimum atomic E-state index is 0. The molecule has 0 aromatic heterocycles. The Kier molecular flexibility index (Phi) is 12.1. The van der Waals surface area contributed by atoms with Crippen LogP contribution in [-0.2, 0) is 49.0 Å². The van der Waals surface area contributed by atoms with Crippen LogP contribution in [0, 0.1) is 14.9 Å². The van der Waals surface area contributed by atoms with Gasteiger partial charge in [0.2, 0.25) is 0 Å². The SMILES string of the molecule is [CH3-].[CH3-].[SiH2]=[Zr].c1cc2c([cH-]1)CCCC2.c1cc2c([cH-]1)CCCC2. The fourth-order valence-corrected chi connectivity index (χ4v) is 3.23. The summed E-state index contributed by atoms with van der Waals surface area (Å²) in [6.45, 7) is 1.95. The Labute approximate surface area is 154 Å². The van der Waals surface area contributed by atoms with Crippen LogP contribution in [0.1, 0.15) is 47.9 Å². The zero-order chi connectivity index (χ0) is 14.2. The molecule has 0 spiro atoms. The standard InChI is InChI=1S/2C9H11.2CH3.H2Si.Zr/c2*1-2-5-9-7-3-6-8(9)4-1;;;;/h2*3,6-7H,1-2,4-5H2;2*1H3;1H2;/q4*-1;;. The first-order valence-corrected chi connectivity index (χ1v) is 13.7. The molecule has 122 valence electrons. The number of rotatable bonds is 0. The van der Waals surface area contributed by atoms with Gasteiger partial charge in [0.25, 0.3) is 0 Å². The Morgan fingerprint density at radius 2 is 1.05 bits per heavy atom. The summed E-state index contributed by atoms with van der Waals surface area (Å²) in [5, 5.41) is 0. The van der Waals surface area contributed by atoms with Crippen LogP contribution in [-0.4, -0.2) is 6.88 Å².